The summed E-state index contributed by atoms with van der Waals surface area (Å²) >= 11 is 0. The normalized spacial score (nSPS) is 25.9. The molecule has 0 aromatic heterocycles. The van der Waals surface area contributed by atoms with Gasteiger partial charge < -0.3 is 10.4 Å². The minimum Gasteiger partial charge on any atom is -0.396 e. The molecule has 0 aromatic carbocycles. The van der Waals surface area contributed by atoms with Crippen molar-refractivity contribution in [3.63, 3.8) is 0 Å². The predicted octanol–water partition coefficient (Wildman–Crippen LogP) is 0.285. The zero-order valence-electron chi connectivity index (χ0n) is 6.68. The molecule has 1 rings (SSSR count). The van der Waals surface area contributed by atoms with E-state index in [-0.39, 0.29) is 12.5 Å². The molecule has 0 unspecified atom stereocenters. The highest BCUT2D eigenvalue weighted by Crippen LogP contribution is 2.16. The van der Waals surface area contributed by atoms with Crippen LogP contribution in [0.5, 0.6) is 0 Å². The second-order valence-electron chi connectivity index (χ2n) is 3.06. The fourth-order valence-corrected chi connectivity index (χ4v) is 1.45. The summed E-state index contributed by atoms with van der Waals surface area (Å²) in [5, 5.41) is 11.5. The molecule has 0 saturated carbocycles. The van der Waals surface area contributed by atoms with Gasteiger partial charge in [-0.15, -0.1) is 0 Å². The summed E-state index contributed by atoms with van der Waals surface area (Å²) < 4.78 is 0. The van der Waals surface area contributed by atoms with E-state index in [0.29, 0.717) is 12.3 Å². The molecule has 1 aliphatic rings. The number of aliphatic hydroxyl groups excluding tert-OH is 1. The second-order valence-corrected chi connectivity index (χ2v) is 3.06. The summed E-state index contributed by atoms with van der Waals surface area (Å²) in [5.41, 5.74) is 0. The number of carbonyl (C=O) groups is 1. The fourth-order valence-electron chi connectivity index (χ4n) is 1.45. The van der Waals surface area contributed by atoms with Gasteiger partial charge in [0, 0.05) is 19.6 Å². The van der Waals surface area contributed by atoms with Crippen LogP contribution in [0, 0.1) is 5.92 Å². The van der Waals surface area contributed by atoms with E-state index >= 15 is 0 Å². The predicted molar refractivity (Wildman–Crippen MR) is 42.1 cm³/mol. The summed E-state index contributed by atoms with van der Waals surface area (Å²) in [7, 11) is 0. The molecule has 0 bridgehead atoms. The van der Waals surface area contributed by atoms with Gasteiger partial charge in [-0.25, -0.2) is 0 Å². The molecule has 3 nitrogen and oxygen atoms in total. The molecule has 1 heterocycles. The van der Waals surface area contributed by atoms with Crippen LogP contribution in [0.25, 0.3) is 0 Å². The Balaban J connectivity index is 2.28. The molecule has 3 heteroatoms. The Morgan fingerprint density at radius 1 is 1.55 bits per heavy atom. The van der Waals surface area contributed by atoms with Crippen molar-refractivity contribution in [3.8, 4) is 0 Å². The summed E-state index contributed by atoms with van der Waals surface area (Å²) in [6.45, 7) is 1.03. The number of nitrogens with one attached hydrogen (secondary N) is 1. The maximum Gasteiger partial charge on any atom is 0.220 e. The maximum absolute atomic E-state index is 10.9. The van der Waals surface area contributed by atoms with Gasteiger partial charge in [0.1, 0.15) is 0 Å². The van der Waals surface area contributed by atoms with E-state index in [0.717, 1.165) is 25.8 Å². The highest BCUT2D eigenvalue weighted by Gasteiger charge is 2.14. The van der Waals surface area contributed by atoms with Gasteiger partial charge in [-0.05, 0) is 25.2 Å². The van der Waals surface area contributed by atoms with Gasteiger partial charge >= 0.3 is 0 Å². The molecule has 1 saturated heterocycles. The standard InChI is InChI=1S/C8H15NO2/c10-6-4-7-1-2-8(11)9-5-3-7/h7,10H,1-6H2,(H,9,11)/t7-/m1/s1. The van der Waals surface area contributed by atoms with Gasteiger partial charge in [0.05, 0.1) is 0 Å². The SMILES string of the molecule is O=C1CC[C@@H](CCO)CCN1. The molecule has 64 valence electrons. The van der Waals surface area contributed by atoms with E-state index in [2.05, 4.69) is 5.32 Å². The van der Waals surface area contributed by atoms with Crippen molar-refractivity contribution < 1.29 is 9.90 Å². The quantitative estimate of drug-likeness (QED) is 0.605. The molecule has 0 spiro atoms. The third-order valence-electron chi connectivity index (χ3n) is 2.19. The molecular formula is C8H15NO2. The van der Waals surface area contributed by atoms with Gasteiger partial charge in [-0.1, -0.05) is 0 Å². The number of rotatable bonds is 2. The lowest BCUT2D eigenvalue weighted by atomic mass is 9.97. The molecule has 0 aliphatic carbocycles. The maximum atomic E-state index is 10.9. The first kappa shape index (κ1) is 8.53. The lowest BCUT2D eigenvalue weighted by Gasteiger charge is -2.09. The smallest absolute Gasteiger partial charge is 0.220 e. The lowest BCUT2D eigenvalue weighted by molar-refractivity contribution is -0.120. The zero-order chi connectivity index (χ0) is 8.10. The van der Waals surface area contributed by atoms with Crippen molar-refractivity contribution in [1.29, 1.82) is 0 Å². The van der Waals surface area contributed by atoms with Gasteiger partial charge in [0.25, 0.3) is 0 Å². The minimum atomic E-state index is 0.158. The Hall–Kier alpha value is -0.570. The summed E-state index contributed by atoms with van der Waals surface area (Å²) in [6, 6.07) is 0. The fraction of sp³-hybridized carbons (Fsp3) is 0.875. The van der Waals surface area contributed by atoms with Crippen LogP contribution in [-0.4, -0.2) is 24.2 Å². The lowest BCUT2D eigenvalue weighted by Crippen LogP contribution is -2.21. The van der Waals surface area contributed by atoms with E-state index in [1.807, 2.05) is 0 Å². The molecule has 0 radical (unpaired) electrons. The molecule has 1 atom stereocenters. The van der Waals surface area contributed by atoms with Gasteiger partial charge in [0.15, 0.2) is 0 Å². The van der Waals surface area contributed by atoms with Crippen molar-refractivity contribution in [2.75, 3.05) is 13.2 Å². The van der Waals surface area contributed by atoms with Gasteiger partial charge in [-0.3, -0.25) is 4.79 Å². The van der Waals surface area contributed by atoms with Crippen molar-refractivity contribution in [2.45, 2.75) is 25.7 Å². The average molecular weight is 157 g/mol. The van der Waals surface area contributed by atoms with E-state index in [4.69, 9.17) is 5.11 Å². The number of hydrogen-bond acceptors (Lipinski definition) is 2. The van der Waals surface area contributed by atoms with Crippen LogP contribution in [0.15, 0.2) is 0 Å². The van der Waals surface area contributed by atoms with Crippen LogP contribution < -0.4 is 5.32 Å². The largest absolute Gasteiger partial charge is 0.396 e. The van der Waals surface area contributed by atoms with E-state index in [1.54, 1.807) is 0 Å². The van der Waals surface area contributed by atoms with E-state index < -0.39 is 0 Å². The third-order valence-corrected chi connectivity index (χ3v) is 2.19. The monoisotopic (exact) mass is 157 g/mol. The molecule has 1 amide bonds. The van der Waals surface area contributed by atoms with Crippen molar-refractivity contribution >= 4 is 5.91 Å². The number of aliphatic hydroxyl groups is 1. The Kier molecular flexibility index (Phi) is 3.36. The molecule has 1 fully saturated rings. The van der Waals surface area contributed by atoms with Crippen LogP contribution in [0.2, 0.25) is 0 Å². The highest BCUT2D eigenvalue weighted by molar-refractivity contribution is 5.76. The first-order valence-corrected chi connectivity index (χ1v) is 4.20. The van der Waals surface area contributed by atoms with E-state index in [9.17, 15) is 4.79 Å². The zero-order valence-corrected chi connectivity index (χ0v) is 6.68. The highest BCUT2D eigenvalue weighted by atomic mass is 16.3. The Bertz CT molecular complexity index is 136. The molecule has 2 N–H and O–H groups in total. The third kappa shape index (κ3) is 2.89. The molecule has 1 aliphatic heterocycles. The summed E-state index contributed by atoms with van der Waals surface area (Å²) in [6.07, 6.45) is 3.43. The van der Waals surface area contributed by atoms with Crippen LogP contribution in [0.4, 0.5) is 0 Å². The number of hydrogen-bond donors (Lipinski definition) is 2. The molecule has 0 aromatic rings. The topological polar surface area (TPSA) is 49.3 Å². The van der Waals surface area contributed by atoms with Crippen molar-refractivity contribution in [1.82, 2.24) is 5.32 Å². The Morgan fingerprint density at radius 2 is 2.36 bits per heavy atom. The Labute approximate surface area is 66.8 Å². The van der Waals surface area contributed by atoms with E-state index in [1.165, 1.54) is 0 Å². The van der Waals surface area contributed by atoms with Crippen LogP contribution in [-0.2, 0) is 4.79 Å². The van der Waals surface area contributed by atoms with Gasteiger partial charge in [0.2, 0.25) is 5.91 Å². The van der Waals surface area contributed by atoms with Crippen molar-refractivity contribution in [3.05, 3.63) is 0 Å². The first-order valence-electron chi connectivity index (χ1n) is 4.20. The minimum absolute atomic E-state index is 0.158. The van der Waals surface area contributed by atoms with Gasteiger partial charge in [-0.2, -0.15) is 0 Å². The van der Waals surface area contributed by atoms with Crippen molar-refractivity contribution in [2.24, 2.45) is 5.92 Å². The number of carbonyl (C=O) groups excluding carboxylic acids is 1. The van der Waals surface area contributed by atoms with Crippen LogP contribution in [0.3, 0.4) is 0 Å². The number of amides is 1. The first-order chi connectivity index (χ1) is 5.33. The molecule has 11 heavy (non-hydrogen) atoms. The Morgan fingerprint density at radius 3 is 3.09 bits per heavy atom. The summed E-state index contributed by atoms with van der Waals surface area (Å²) in [5.74, 6) is 0.699. The second kappa shape index (κ2) is 4.34. The summed E-state index contributed by atoms with van der Waals surface area (Å²) in [4.78, 5) is 10.9. The molecular weight excluding hydrogens is 142 g/mol. The van der Waals surface area contributed by atoms with Crippen LogP contribution >= 0.6 is 0 Å². The van der Waals surface area contributed by atoms with Crippen LogP contribution in [0.1, 0.15) is 25.7 Å². The average Bonchev–Trinajstić information content (AvgIpc) is 2.17.